The van der Waals surface area contributed by atoms with Crippen LogP contribution >= 0.6 is 22.9 Å². The lowest BCUT2D eigenvalue weighted by molar-refractivity contribution is -0.118. The topological polar surface area (TPSA) is 70.6 Å². The van der Waals surface area contributed by atoms with Gasteiger partial charge in [0.05, 0.1) is 20.9 Å². The zero-order chi connectivity index (χ0) is 23.3. The highest BCUT2D eigenvalue weighted by Gasteiger charge is 2.21. The summed E-state index contributed by atoms with van der Waals surface area (Å²) in [5.41, 5.74) is 0.627. The maximum atomic E-state index is 13.6. The van der Waals surface area contributed by atoms with Crippen LogP contribution in [0.25, 0.3) is 10.2 Å². The normalized spacial score (nSPS) is 11.9. The summed E-state index contributed by atoms with van der Waals surface area (Å²) in [6.07, 6.45) is 0.985. The van der Waals surface area contributed by atoms with Gasteiger partial charge in [0.1, 0.15) is 5.82 Å². The monoisotopic (exact) mass is 497 g/mol. The summed E-state index contributed by atoms with van der Waals surface area (Å²) < 4.78 is 39.3. The van der Waals surface area contributed by atoms with Crippen molar-refractivity contribution in [3.8, 4) is 0 Å². The first-order valence-electron chi connectivity index (χ1n) is 10.2. The Balaban J connectivity index is 1.70. The molecule has 0 aliphatic heterocycles. The van der Waals surface area contributed by atoms with Gasteiger partial charge < -0.3 is 4.90 Å². The standard InChI is InChI=1S/C22H25ClFN3O3S2/c1-26(2)12-4-13-27(22-25-19-11-8-17(24)15-20(19)31-22)21(28)5-3-14-32(29,30)18-9-6-16(23)7-10-18/h6-11,15H,3-5,12-14H2,1-2H3. The maximum absolute atomic E-state index is 13.6. The number of carbonyl (C=O) groups is 1. The number of hydrogen-bond donors (Lipinski definition) is 0. The smallest absolute Gasteiger partial charge is 0.228 e. The van der Waals surface area contributed by atoms with Crippen molar-refractivity contribution in [3.05, 3.63) is 53.3 Å². The number of amides is 1. The Morgan fingerprint density at radius 1 is 1.09 bits per heavy atom. The molecule has 0 fully saturated rings. The predicted octanol–water partition coefficient (Wildman–Crippen LogP) is 4.63. The van der Waals surface area contributed by atoms with Crippen LogP contribution in [0, 0.1) is 5.82 Å². The van der Waals surface area contributed by atoms with Crippen LogP contribution in [0.1, 0.15) is 19.3 Å². The van der Waals surface area contributed by atoms with Crippen LogP contribution in [0.15, 0.2) is 47.4 Å². The average molecular weight is 498 g/mol. The van der Waals surface area contributed by atoms with Crippen LogP contribution in [-0.4, -0.2) is 57.1 Å². The summed E-state index contributed by atoms with van der Waals surface area (Å²) in [6.45, 7) is 1.23. The molecule has 1 heterocycles. The van der Waals surface area contributed by atoms with Crippen LogP contribution in [-0.2, 0) is 14.6 Å². The van der Waals surface area contributed by atoms with Gasteiger partial charge in [-0.1, -0.05) is 22.9 Å². The van der Waals surface area contributed by atoms with Gasteiger partial charge in [0, 0.05) is 18.0 Å². The van der Waals surface area contributed by atoms with E-state index >= 15 is 0 Å². The maximum Gasteiger partial charge on any atom is 0.228 e. The van der Waals surface area contributed by atoms with E-state index in [0.29, 0.717) is 26.9 Å². The van der Waals surface area contributed by atoms with Gasteiger partial charge >= 0.3 is 0 Å². The summed E-state index contributed by atoms with van der Waals surface area (Å²) in [7, 11) is 0.398. The Morgan fingerprint density at radius 2 is 1.81 bits per heavy atom. The summed E-state index contributed by atoms with van der Waals surface area (Å²) in [6, 6.07) is 10.3. The van der Waals surface area contributed by atoms with Gasteiger partial charge in [0.25, 0.3) is 0 Å². The van der Waals surface area contributed by atoms with Crippen LogP contribution < -0.4 is 4.90 Å². The van der Waals surface area contributed by atoms with Gasteiger partial charge in [-0.2, -0.15) is 0 Å². The van der Waals surface area contributed by atoms with Crippen molar-refractivity contribution < 1.29 is 17.6 Å². The van der Waals surface area contributed by atoms with Gasteiger partial charge in [-0.3, -0.25) is 9.69 Å². The molecule has 1 aromatic heterocycles. The molecule has 0 aliphatic rings. The van der Waals surface area contributed by atoms with E-state index in [-0.39, 0.29) is 35.2 Å². The largest absolute Gasteiger partial charge is 0.309 e. The molecule has 10 heteroatoms. The molecule has 3 aromatic rings. The molecule has 0 unspecified atom stereocenters. The zero-order valence-corrected chi connectivity index (χ0v) is 20.3. The van der Waals surface area contributed by atoms with E-state index in [0.717, 1.165) is 13.0 Å². The summed E-state index contributed by atoms with van der Waals surface area (Å²) in [5, 5.41) is 0.957. The SMILES string of the molecule is CN(C)CCCN(C(=O)CCCS(=O)(=O)c1ccc(Cl)cc1)c1nc2ccc(F)cc2s1. The van der Waals surface area contributed by atoms with Gasteiger partial charge in [0.2, 0.25) is 5.91 Å². The lowest BCUT2D eigenvalue weighted by Gasteiger charge is -2.21. The van der Waals surface area contributed by atoms with E-state index in [4.69, 9.17) is 11.6 Å². The Bertz CT molecular complexity index is 1180. The number of sulfone groups is 1. The average Bonchev–Trinajstić information content (AvgIpc) is 3.13. The molecule has 0 saturated carbocycles. The first-order valence-corrected chi connectivity index (χ1v) is 13.0. The first kappa shape index (κ1) is 24.6. The molecule has 0 aliphatic carbocycles. The van der Waals surface area contributed by atoms with Gasteiger partial charge in [0.15, 0.2) is 15.0 Å². The molecule has 0 bridgehead atoms. The Labute approximate surface area is 196 Å². The molecule has 0 spiro atoms. The number of benzene rings is 2. The lowest BCUT2D eigenvalue weighted by Crippen LogP contribution is -2.33. The van der Waals surface area contributed by atoms with Crippen molar-refractivity contribution in [2.75, 3.05) is 37.8 Å². The Hall–Kier alpha value is -2.07. The number of rotatable bonds is 10. The molecular formula is C22H25ClFN3O3S2. The van der Waals surface area contributed by atoms with Crippen molar-refractivity contribution in [3.63, 3.8) is 0 Å². The quantitative estimate of drug-likeness (QED) is 0.408. The molecular weight excluding hydrogens is 473 g/mol. The number of fused-ring (bicyclic) bond motifs is 1. The highest BCUT2D eigenvalue weighted by molar-refractivity contribution is 7.91. The number of thiazole rings is 1. The van der Waals surface area contributed by atoms with Crippen molar-refractivity contribution in [2.45, 2.75) is 24.2 Å². The molecule has 3 rings (SSSR count). The minimum atomic E-state index is -3.51. The van der Waals surface area contributed by atoms with E-state index in [1.165, 1.54) is 47.7 Å². The number of aromatic nitrogens is 1. The molecule has 0 radical (unpaired) electrons. The van der Waals surface area contributed by atoms with Crippen molar-refractivity contribution >= 4 is 54.0 Å². The fraction of sp³-hybridized carbons (Fsp3) is 0.364. The van der Waals surface area contributed by atoms with Crippen LogP contribution in [0.4, 0.5) is 9.52 Å². The molecule has 172 valence electrons. The highest BCUT2D eigenvalue weighted by Crippen LogP contribution is 2.30. The third kappa shape index (κ3) is 6.48. The number of carbonyl (C=O) groups excluding carboxylic acids is 1. The second-order valence-corrected chi connectivity index (χ2v) is 11.2. The van der Waals surface area contributed by atoms with Crippen LogP contribution in [0.5, 0.6) is 0 Å². The van der Waals surface area contributed by atoms with Crippen LogP contribution in [0.2, 0.25) is 5.02 Å². The predicted molar refractivity (Wildman–Crippen MR) is 128 cm³/mol. The van der Waals surface area contributed by atoms with E-state index in [1.54, 1.807) is 11.0 Å². The Kier molecular flexibility index (Phi) is 8.21. The molecule has 0 atom stereocenters. The third-order valence-electron chi connectivity index (χ3n) is 4.83. The van der Waals surface area contributed by atoms with Gasteiger partial charge in [-0.05, 0) is 75.9 Å². The van der Waals surface area contributed by atoms with Gasteiger partial charge in [-0.25, -0.2) is 17.8 Å². The van der Waals surface area contributed by atoms with E-state index in [1.807, 2.05) is 19.0 Å². The lowest BCUT2D eigenvalue weighted by atomic mass is 10.3. The number of halogens is 2. The molecule has 2 aromatic carbocycles. The second-order valence-electron chi connectivity index (χ2n) is 7.69. The summed E-state index contributed by atoms with van der Waals surface area (Å²) in [5.74, 6) is -0.697. The molecule has 0 saturated heterocycles. The van der Waals surface area contributed by atoms with E-state index in [2.05, 4.69) is 4.98 Å². The van der Waals surface area contributed by atoms with Gasteiger partial charge in [-0.15, -0.1) is 0 Å². The van der Waals surface area contributed by atoms with Crippen molar-refractivity contribution in [1.29, 1.82) is 0 Å². The molecule has 32 heavy (non-hydrogen) atoms. The molecule has 1 amide bonds. The highest BCUT2D eigenvalue weighted by atomic mass is 35.5. The number of anilines is 1. The minimum absolute atomic E-state index is 0.0685. The van der Waals surface area contributed by atoms with Crippen molar-refractivity contribution in [1.82, 2.24) is 9.88 Å². The van der Waals surface area contributed by atoms with E-state index in [9.17, 15) is 17.6 Å². The van der Waals surface area contributed by atoms with Crippen molar-refractivity contribution in [2.24, 2.45) is 0 Å². The first-order chi connectivity index (χ1) is 15.2. The molecule has 6 nitrogen and oxygen atoms in total. The third-order valence-corrected chi connectivity index (χ3v) is 7.94. The van der Waals surface area contributed by atoms with E-state index < -0.39 is 9.84 Å². The second kappa shape index (κ2) is 10.7. The Morgan fingerprint density at radius 3 is 2.50 bits per heavy atom. The number of hydrogen-bond acceptors (Lipinski definition) is 6. The fourth-order valence-corrected chi connectivity index (χ4v) is 5.65. The zero-order valence-electron chi connectivity index (χ0n) is 17.9. The minimum Gasteiger partial charge on any atom is -0.309 e. The summed E-state index contributed by atoms with van der Waals surface area (Å²) >= 11 is 7.08. The van der Waals surface area contributed by atoms with Crippen LogP contribution in [0.3, 0.4) is 0 Å². The number of nitrogens with zero attached hydrogens (tertiary/aromatic N) is 3. The molecule has 0 N–H and O–H groups in total. The fourth-order valence-electron chi connectivity index (χ4n) is 3.18. The summed E-state index contributed by atoms with van der Waals surface area (Å²) in [4.78, 5) is 21.3.